The molecule has 2 atom stereocenters. The Morgan fingerprint density at radius 1 is 1.20 bits per heavy atom. The van der Waals surface area contributed by atoms with Crippen LogP contribution in [0.5, 0.6) is 0 Å². The maximum absolute atomic E-state index is 12.6. The summed E-state index contributed by atoms with van der Waals surface area (Å²) in [7, 11) is -7.91. The van der Waals surface area contributed by atoms with Gasteiger partial charge in [0.15, 0.2) is 5.76 Å². The Hall–Kier alpha value is -3.87. The highest BCUT2D eigenvalue weighted by Gasteiger charge is 2.31. The summed E-state index contributed by atoms with van der Waals surface area (Å²) in [6, 6.07) is 5.22. The highest BCUT2D eigenvalue weighted by atomic mass is 32.2. The van der Waals surface area contributed by atoms with Crippen molar-refractivity contribution in [2.45, 2.75) is 51.2 Å². The molecule has 0 radical (unpaired) electrons. The number of carboxylic acids is 1. The highest BCUT2D eigenvalue weighted by Crippen LogP contribution is 2.20. The van der Waals surface area contributed by atoms with Crippen LogP contribution in [0.4, 0.5) is 0 Å². The van der Waals surface area contributed by atoms with Crippen LogP contribution in [0.15, 0.2) is 38.8 Å². The molecular formula is C22H32N6O10S2. The summed E-state index contributed by atoms with van der Waals surface area (Å²) >= 11 is 0. The molecule has 0 aliphatic carbocycles. The van der Waals surface area contributed by atoms with Gasteiger partial charge in [-0.15, -0.1) is 0 Å². The molecule has 0 bridgehead atoms. The Bertz CT molecular complexity index is 1440. The number of aliphatic carboxylic acids is 1. The van der Waals surface area contributed by atoms with Gasteiger partial charge in [-0.1, -0.05) is 42.0 Å². The SMILES string of the molecule is C.CS(=O)(=O)O.Cc1noc(C)c1S(=O)(=O)N[C@@H](CNC(=O)C[C@H]1CC(c2ccc(C(=N)N)cc2)=NO1)C(=O)O. The first kappa shape index (κ1) is 34.2. The maximum Gasteiger partial charge on any atom is 0.323 e. The van der Waals surface area contributed by atoms with Crippen LogP contribution < -0.4 is 15.8 Å². The Labute approximate surface area is 231 Å². The predicted octanol–water partition coefficient (Wildman–Crippen LogP) is 0.147. The van der Waals surface area contributed by atoms with Crippen molar-refractivity contribution in [1.82, 2.24) is 15.2 Å². The van der Waals surface area contributed by atoms with Crippen molar-refractivity contribution in [3.8, 4) is 0 Å². The fourth-order valence-electron chi connectivity index (χ4n) is 3.33. The van der Waals surface area contributed by atoms with Crippen molar-refractivity contribution in [1.29, 1.82) is 5.41 Å². The van der Waals surface area contributed by atoms with E-state index >= 15 is 0 Å². The minimum Gasteiger partial charge on any atom is -0.480 e. The molecule has 1 aromatic heterocycles. The van der Waals surface area contributed by atoms with Crippen LogP contribution in [0.2, 0.25) is 0 Å². The lowest BCUT2D eigenvalue weighted by Gasteiger charge is -2.16. The number of amides is 1. The van der Waals surface area contributed by atoms with E-state index in [1.807, 2.05) is 4.72 Å². The lowest BCUT2D eigenvalue weighted by molar-refractivity contribution is -0.139. The van der Waals surface area contributed by atoms with Crippen LogP contribution in [-0.2, 0) is 34.6 Å². The number of sulfonamides is 1. The zero-order valence-electron chi connectivity index (χ0n) is 21.0. The zero-order valence-corrected chi connectivity index (χ0v) is 22.7. The highest BCUT2D eigenvalue weighted by molar-refractivity contribution is 7.89. The topological polar surface area (TPSA) is 264 Å². The third-order valence-corrected chi connectivity index (χ3v) is 6.73. The summed E-state index contributed by atoms with van der Waals surface area (Å²) in [6.45, 7) is 2.32. The first-order valence-electron chi connectivity index (χ1n) is 11.0. The molecule has 2 heterocycles. The molecule has 18 heteroatoms. The van der Waals surface area contributed by atoms with Crippen LogP contribution >= 0.6 is 0 Å². The number of nitrogen functional groups attached to an aromatic ring is 1. The lowest BCUT2D eigenvalue weighted by atomic mass is 10.0. The van der Waals surface area contributed by atoms with Crippen LogP contribution in [0.3, 0.4) is 0 Å². The van der Waals surface area contributed by atoms with Gasteiger partial charge in [0, 0.05) is 18.5 Å². The molecule has 0 saturated heterocycles. The van der Waals surface area contributed by atoms with Crippen LogP contribution in [0, 0.1) is 19.3 Å². The smallest absolute Gasteiger partial charge is 0.323 e. The van der Waals surface area contributed by atoms with Gasteiger partial charge in [-0.25, -0.2) is 8.42 Å². The minimum absolute atomic E-state index is 0. The van der Waals surface area contributed by atoms with E-state index in [-0.39, 0.29) is 36.0 Å². The van der Waals surface area contributed by atoms with E-state index in [0.29, 0.717) is 24.0 Å². The molecule has 1 aliphatic heterocycles. The minimum atomic E-state index is -4.24. The fourth-order valence-corrected chi connectivity index (χ4v) is 4.85. The average molecular weight is 605 g/mol. The second-order valence-electron chi connectivity index (χ2n) is 8.37. The third-order valence-electron chi connectivity index (χ3n) is 5.01. The fraction of sp³-hybridized carbons (Fsp3) is 0.409. The van der Waals surface area contributed by atoms with Gasteiger partial charge in [0.1, 0.15) is 28.6 Å². The number of aryl methyl sites for hydroxylation is 2. The molecule has 0 spiro atoms. The molecule has 1 amide bonds. The Morgan fingerprint density at radius 2 is 1.77 bits per heavy atom. The number of oxime groups is 1. The summed E-state index contributed by atoms with van der Waals surface area (Å²) in [5.41, 5.74) is 7.46. The molecule has 2 aromatic rings. The van der Waals surface area contributed by atoms with Gasteiger partial charge in [0.25, 0.3) is 10.1 Å². The Morgan fingerprint density at radius 3 is 2.25 bits per heavy atom. The van der Waals surface area contributed by atoms with Crippen LogP contribution in [0.1, 0.15) is 42.8 Å². The van der Waals surface area contributed by atoms with Gasteiger partial charge >= 0.3 is 5.97 Å². The van der Waals surface area contributed by atoms with E-state index in [4.69, 9.17) is 25.1 Å². The molecule has 3 rings (SSSR count). The normalized spacial score (nSPS) is 15.4. The van der Waals surface area contributed by atoms with Gasteiger partial charge in [-0.2, -0.15) is 13.1 Å². The van der Waals surface area contributed by atoms with Crippen LogP contribution in [-0.4, -0.2) is 80.0 Å². The zero-order chi connectivity index (χ0) is 29.5. The van der Waals surface area contributed by atoms with Gasteiger partial charge in [-0.05, 0) is 19.4 Å². The third kappa shape index (κ3) is 10.4. The van der Waals surface area contributed by atoms with Crippen LogP contribution in [0.25, 0.3) is 0 Å². The number of nitrogens with zero attached hydrogens (tertiary/aromatic N) is 2. The summed E-state index contributed by atoms with van der Waals surface area (Å²) in [6.07, 6.45) is 0.382. The summed E-state index contributed by atoms with van der Waals surface area (Å²) < 4.78 is 57.9. The number of carboxylic acid groups (broad SMARTS) is 1. The number of nitrogens with one attached hydrogen (secondary N) is 3. The van der Waals surface area contributed by atoms with Crippen molar-refractivity contribution in [2.75, 3.05) is 12.8 Å². The number of amidine groups is 1. The molecule has 0 saturated carbocycles. The van der Waals surface area contributed by atoms with Gasteiger partial charge in [0.05, 0.1) is 18.4 Å². The monoisotopic (exact) mass is 604 g/mol. The van der Waals surface area contributed by atoms with Crippen molar-refractivity contribution >= 4 is 43.6 Å². The number of rotatable bonds is 10. The summed E-state index contributed by atoms with van der Waals surface area (Å²) in [4.78, 5) is 28.9. The van der Waals surface area contributed by atoms with E-state index in [0.717, 1.165) is 5.56 Å². The lowest BCUT2D eigenvalue weighted by Crippen LogP contribution is -2.48. The molecular weight excluding hydrogens is 572 g/mol. The number of benzene rings is 1. The van der Waals surface area contributed by atoms with Gasteiger partial charge < -0.3 is 25.5 Å². The Kier molecular flexibility index (Phi) is 11.9. The number of aromatic nitrogens is 1. The number of hydrogen-bond acceptors (Lipinski definition) is 11. The summed E-state index contributed by atoms with van der Waals surface area (Å²) in [5, 5.41) is 26.8. The van der Waals surface area contributed by atoms with Gasteiger partial charge in [-0.3, -0.25) is 19.6 Å². The molecule has 40 heavy (non-hydrogen) atoms. The summed E-state index contributed by atoms with van der Waals surface area (Å²) in [5.74, 6) is -2.04. The molecule has 222 valence electrons. The molecule has 16 nitrogen and oxygen atoms in total. The number of nitrogens with two attached hydrogens (primary N) is 1. The first-order chi connectivity index (χ1) is 18.0. The van der Waals surface area contributed by atoms with Crippen molar-refractivity contribution in [2.24, 2.45) is 10.9 Å². The second-order valence-corrected chi connectivity index (χ2v) is 11.5. The Balaban J connectivity index is 0.00000122. The first-order valence-corrected chi connectivity index (χ1v) is 14.4. The second kappa shape index (κ2) is 14.0. The maximum atomic E-state index is 12.6. The molecule has 1 aliphatic rings. The molecule has 0 unspecified atom stereocenters. The largest absolute Gasteiger partial charge is 0.480 e. The number of carbonyl (C=O) groups is 2. The van der Waals surface area contributed by atoms with Crippen molar-refractivity contribution < 1.29 is 45.4 Å². The predicted molar refractivity (Wildman–Crippen MR) is 143 cm³/mol. The van der Waals surface area contributed by atoms with Gasteiger partial charge in [0.2, 0.25) is 15.9 Å². The molecule has 7 N–H and O–H groups in total. The van der Waals surface area contributed by atoms with E-state index in [2.05, 4.69) is 15.6 Å². The number of carbonyl (C=O) groups excluding carboxylic acids is 1. The average Bonchev–Trinajstić information content (AvgIpc) is 3.41. The number of hydrogen-bond donors (Lipinski definition) is 6. The van der Waals surface area contributed by atoms with E-state index in [1.54, 1.807) is 24.3 Å². The molecule has 1 aromatic carbocycles. The van der Waals surface area contributed by atoms with Crippen molar-refractivity contribution in [3.63, 3.8) is 0 Å². The standard InChI is InChI=1S/C20H24N6O7S.CH4O3S.CH4/c1-10-18(11(2)32-24-10)34(30,31)26-16(20(28)29)9-23-17(27)8-14-7-15(25-33-14)12-3-5-13(6-4-12)19(21)22;1-5(2,3)4;/h3-6,14,16,26H,7-9H2,1-2H3,(H3,21,22)(H,23,27)(H,28,29);1H3,(H,2,3,4);1H4/t14-,16+;;/m1../s1. The molecule has 0 fully saturated rings. The quantitative estimate of drug-likeness (QED) is 0.120. The van der Waals surface area contributed by atoms with E-state index in [1.165, 1.54) is 13.8 Å². The van der Waals surface area contributed by atoms with E-state index in [9.17, 15) is 31.5 Å². The van der Waals surface area contributed by atoms with E-state index < -0.39 is 50.7 Å². The van der Waals surface area contributed by atoms with Crippen molar-refractivity contribution in [3.05, 3.63) is 46.8 Å².